The van der Waals surface area contributed by atoms with Crippen LogP contribution in [-0.4, -0.2) is 39.9 Å². The molecule has 0 fully saturated rings. The van der Waals surface area contributed by atoms with Crippen LogP contribution in [-0.2, 0) is 6.54 Å². The van der Waals surface area contributed by atoms with Gasteiger partial charge in [0.15, 0.2) is 15.7 Å². The Kier molecular flexibility index (Phi) is 4.82. The molecule has 0 N–H and O–H groups in total. The minimum absolute atomic E-state index is 0.0629. The molecule has 0 aliphatic heterocycles. The average Bonchev–Trinajstić information content (AvgIpc) is 2.68. The molecule has 0 saturated carbocycles. The molecule has 0 amide bonds. The van der Waals surface area contributed by atoms with Gasteiger partial charge in [0.05, 0.1) is 6.54 Å². The third-order valence-electron chi connectivity index (χ3n) is 1.77. The molecule has 0 bridgehead atoms. The van der Waals surface area contributed by atoms with Gasteiger partial charge in [-0.2, -0.15) is 5.26 Å². The quantitative estimate of drug-likeness (QED) is 0.207. The minimum atomic E-state index is -0.848. The summed E-state index contributed by atoms with van der Waals surface area (Å²) in [5.74, 6) is -0.0629. The molecule has 0 aliphatic carbocycles. The number of guanidine groups is 1. The first-order chi connectivity index (χ1) is 8.43. The van der Waals surface area contributed by atoms with Crippen LogP contribution < -0.4 is 0 Å². The highest BCUT2D eigenvalue weighted by molar-refractivity contribution is 7.15. The van der Waals surface area contributed by atoms with E-state index in [9.17, 15) is 10.1 Å². The van der Waals surface area contributed by atoms with Crippen molar-refractivity contribution in [1.29, 1.82) is 5.26 Å². The number of hydrazone groups is 1. The van der Waals surface area contributed by atoms with Crippen LogP contribution in [0, 0.1) is 21.6 Å². The van der Waals surface area contributed by atoms with Gasteiger partial charge in [-0.05, 0) is 0 Å². The molecule has 10 heteroatoms. The average molecular weight is 289 g/mol. The number of nitriles is 1. The number of hydrogen-bond donors (Lipinski definition) is 0. The van der Waals surface area contributed by atoms with Gasteiger partial charge in [-0.3, -0.25) is 0 Å². The van der Waals surface area contributed by atoms with Gasteiger partial charge in [0, 0.05) is 25.2 Å². The van der Waals surface area contributed by atoms with E-state index >= 15 is 0 Å². The lowest BCUT2D eigenvalue weighted by Crippen LogP contribution is -2.37. The Morgan fingerprint density at radius 1 is 1.78 bits per heavy atom. The Morgan fingerprint density at radius 3 is 2.83 bits per heavy atom. The highest BCUT2D eigenvalue weighted by atomic mass is 35.5. The first kappa shape index (κ1) is 14.1. The van der Waals surface area contributed by atoms with Gasteiger partial charge in [-0.1, -0.05) is 11.6 Å². The van der Waals surface area contributed by atoms with Crippen LogP contribution >= 0.6 is 22.9 Å². The Balaban J connectivity index is 2.94. The summed E-state index contributed by atoms with van der Waals surface area (Å²) in [6.45, 7) is 0.131. The van der Waals surface area contributed by atoms with Gasteiger partial charge in [-0.15, -0.1) is 11.3 Å². The Bertz CT molecular complexity index is 508. The smallest absolute Gasteiger partial charge is 0.287 e. The largest absolute Gasteiger partial charge is 0.343 e. The van der Waals surface area contributed by atoms with E-state index in [0.29, 0.717) is 9.34 Å². The second-order valence-corrected chi connectivity index (χ2v) is 5.00. The Morgan fingerprint density at radius 2 is 2.44 bits per heavy atom. The summed E-state index contributed by atoms with van der Waals surface area (Å²) >= 11 is 6.87. The first-order valence-corrected chi connectivity index (χ1v) is 5.81. The monoisotopic (exact) mass is 288 g/mol. The van der Waals surface area contributed by atoms with Crippen LogP contribution in [0.15, 0.2) is 11.3 Å². The highest BCUT2D eigenvalue weighted by Gasteiger charge is 2.19. The highest BCUT2D eigenvalue weighted by Crippen LogP contribution is 2.19. The summed E-state index contributed by atoms with van der Waals surface area (Å²) in [6.07, 6.45) is 3.35. The molecule has 1 rings (SSSR count). The molecule has 0 aliphatic rings. The van der Waals surface area contributed by atoms with E-state index in [-0.39, 0.29) is 12.5 Å². The maximum absolute atomic E-state index is 10.4. The zero-order valence-electron chi connectivity index (χ0n) is 9.57. The second-order valence-electron chi connectivity index (χ2n) is 3.30. The number of hydrogen-bond acceptors (Lipinski definition) is 5. The van der Waals surface area contributed by atoms with E-state index in [1.807, 2.05) is 6.19 Å². The summed E-state index contributed by atoms with van der Waals surface area (Å²) in [6, 6.07) is 0. The summed E-state index contributed by atoms with van der Waals surface area (Å²) in [7, 11) is 3.12. The molecular weight excluding hydrogens is 280 g/mol. The first-order valence-electron chi connectivity index (χ1n) is 4.62. The van der Waals surface area contributed by atoms with Gasteiger partial charge in [0.2, 0.25) is 0 Å². The van der Waals surface area contributed by atoms with Crippen molar-refractivity contribution in [3.63, 3.8) is 0 Å². The van der Waals surface area contributed by atoms with Gasteiger partial charge in [0.25, 0.3) is 5.96 Å². The number of nitro groups is 1. The van der Waals surface area contributed by atoms with E-state index in [1.54, 1.807) is 14.1 Å². The predicted octanol–water partition coefficient (Wildman–Crippen LogP) is 1.19. The van der Waals surface area contributed by atoms with E-state index in [4.69, 9.17) is 16.9 Å². The van der Waals surface area contributed by atoms with Gasteiger partial charge >= 0.3 is 0 Å². The van der Waals surface area contributed by atoms with Crippen LogP contribution in [0.4, 0.5) is 0 Å². The molecule has 0 aromatic carbocycles. The zero-order valence-corrected chi connectivity index (χ0v) is 11.1. The fourth-order valence-electron chi connectivity index (χ4n) is 1.12. The SMILES string of the molecule is CN(C)C(=N[N+](=O)[O-])N(C#N)Cc1cnc(Cl)s1. The Labute approximate surface area is 112 Å². The van der Waals surface area contributed by atoms with Crippen molar-refractivity contribution < 1.29 is 5.03 Å². The molecule has 1 heterocycles. The normalized spacial score (nSPS) is 10.9. The number of halogens is 1. The van der Waals surface area contributed by atoms with E-state index in [1.165, 1.54) is 22.4 Å². The third-order valence-corrected chi connectivity index (χ3v) is 2.87. The third kappa shape index (κ3) is 3.83. The van der Waals surface area contributed by atoms with Crippen molar-refractivity contribution in [1.82, 2.24) is 14.8 Å². The summed E-state index contributed by atoms with van der Waals surface area (Å²) in [5, 5.41) is 21.8. The second kappa shape index (κ2) is 6.13. The van der Waals surface area contributed by atoms with Crippen LogP contribution in [0.3, 0.4) is 0 Å². The lowest BCUT2D eigenvalue weighted by atomic mass is 10.5. The van der Waals surface area contributed by atoms with Crippen molar-refractivity contribution in [2.45, 2.75) is 6.54 Å². The van der Waals surface area contributed by atoms with Crippen molar-refractivity contribution in [3.8, 4) is 6.19 Å². The fraction of sp³-hybridized carbons (Fsp3) is 0.375. The molecule has 1 aromatic rings. The fourth-order valence-corrected chi connectivity index (χ4v) is 2.09. The lowest BCUT2D eigenvalue weighted by molar-refractivity contribution is -0.486. The van der Waals surface area contributed by atoms with Crippen molar-refractivity contribution >= 4 is 28.9 Å². The van der Waals surface area contributed by atoms with Gasteiger partial charge < -0.3 is 4.90 Å². The van der Waals surface area contributed by atoms with E-state index in [0.717, 1.165) is 4.90 Å². The van der Waals surface area contributed by atoms with Crippen LogP contribution in [0.25, 0.3) is 0 Å². The van der Waals surface area contributed by atoms with Crippen LogP contribution in [0.1, 0.15) is 4.88 Å². The standard InChI is InChI=1S/C8H9ClN6O2S/c1-13(2)8(12-15(16)17)14(5-10)4-6-3-11-7(9)18-6/h3H,4H2,1-2H3. The van der Waals surface area contributed by atoms with E-state index in [2.05, 4.69) is 10.1 Å². The molecule has 1 aromatic heterocycles. The molecule has 0 spiro atoms. The number of thiazole rings is 1. The summed E-state index contributed by atoms with van der Waals surface area (Å²) < 4.78 is 0.348. The maximum Gasteiger partial charge on any atom is 0.287 e. The van der Waals surface area contributed by atoms with Crippen LogP contribution in [0.5, 0.6) is 0 Å². The van der Waals surface area contributed by atoms with Gasteiger partial charge in [0.1, 0.15) is 5.10 Å². The molecule has 0 radical (unpaired) electrons. The molecule has 0 atom stereocenters. The number of rotatable bonds is 3. The topological polar surface area (TPSA) is 98.7 Å². The molecular formula is C8H9ClN6O2S. The maximum atomic E-state index is 10.4. The molecule has 0 unspecified atom stereocenters. The van der Waals surface area contributed by atoms with Crippen LogP contribution in [0.2, 0.25) is 4.47 Å². The zero-order chi connectivity index (χ0) is 13.7. The van der Waals surface area contributed by atoms with E-state index < -0.39 is 5.03 Å². The minimum Gasteiger partial charge on any atom is -0.343 e. The molecule has 18 heavy (non-hydrogen) atoms. The van der Waals surface area contributed by atoms with Crippen molar-refractivity contribution in [3.05, 3.63) is 25.7 Å². The Hall–Kier alpha value is -1.92. The molecule has 0 saturated heterocycles. The molecule has 8 nitrogen and oxygen atoms in total. The number of nitrogens with zero attached hydrogens (tertiary/aromatic N) is 6. The molecule has 96 valence electrons. The summed E-state index contributed by atoms with van der Waals surface area (Å²) in [4.78, 5) is 17.4. The van der Waals surface area contributed by atoms with Gasteiger partial charge in [-0.25, -0.2) is 20.0 Å². The lowest BCUT2D eigenvalue weighted by Gasteiger charge is -2.19. The van der Waals surface area contributed by atoms with Crippen molar-refractivity contribution in [2.24, 2.45) is 5.10 Å². The predicted molar refractivity (Wildman–Crippen MR) is 66.4 cm³/mol. The number of aromatic nitrogens is 1. The van der Waals surface area contributed by atoms with Crippen molar-refractivity contribution in [2.75, 3.05) is 14.1 Å². The summed E-state index contributed by atoms with van der Waals surface area (Å²) in [5.41, 5.74) is 0.